The third-order valence-electron chi connectivity index (χ3n) is 2.34. The maximum atomic E-state index is 10.2. The fourth-order valence-corrected chi connectivity index (χ4v) is 2.23. The van der Waals surface area contributed by atoms with Crippen LogP contribution in [0, 0.1) is 0 Å². The summed E-state index contributed by atoms with van der Waals surface area (Å²) >= 11 is 17.7. The van der Waals surface area contributed by atoms with Gasteiger partial charge in [0.05, 0.1) is 0 Å². The van der Waals surface area contributed by atoms with Crippen LogP contribution in [0.25, 0.3) is 0 Å². The third-order valence-corrected chi connectivity index (χ3v) is 3.22. The average Bonchev–Trinajstić information content (AvgIpc) is 2.29. The molecule has 0 aliphatic rings. The summed E-state index contributed by atoms with van der Waals surface area (Å²) in [7, 11) is 0. The lowest BCUT2D eigenvalue weighted by atomic mass is 10.0. The molecule has 17 heavy (non-hydrogen) atoms. The molecule has 2 rings (SSSR count). The second-order valence-corrected chi connectivity index (χ2v) is 4.65. The second kappa shape index (κ2) is 5.23. The van der Waals surface area contributed by atoms with Crippen LogP contribution in [0.15, 0.2) is 36.5 Å². The van der Waals surface area contributed by atoms with Gasteiger partial charge in [0, 0.05) is 27.4 Å². The van der Waals surface area contributed by atoms with Gasteiger partial charge < -0.3 is 5.11 Å². The van der Waals surface area contributed by atoms with Crippen molar-refractivity contribution in [1.29, 1.82) is 0 Å². The van der Waals surface area contributed by atoms with E-state index in [0.29, 0.717) is 21.2 Å². The maximum absolute atomic E-state index is 10.2. The molecule has 0 aliphatic carbocycles. The zero-order valence-electron chi connectivity index (χ0n) is 8.57. The van der Waals surface area contributed by atoms with E-state index in [1.807, 2.05) is 0 Å². The van der Waals surface area contributed by atoms with Crippen molar-refractivity contribution in [3.8, 4) is 0 Å². The quantitative estimate of drug-likeness (QED) is 0.843. The van der Waals surface area contributed by atoms with E-state index in [2.05, 4.69) is 4.98 Å². The Bertz CT molecular complexity index is 545. The number of nitrogens with zero attached hydrogens (tertiary/aromatic N) is 1. The van der Waals surface area contributed by atoms with Gasteiger partial charge in [-0.25, -0.2) is 4.98 Å². The summed E-state index contributed by atoms with van der Waals surface area (Å²) in [5.41, 5.74) is 1.06. The van der Waals surface area contributed by atoms with Gasteiger partial charge in [0.2, 0.25) is 0 Å². The molecule has 5 heteroatoms. The highest BCUT2D eigenvalue weighted by Crippen LogP contribution is 2.32. The molecule has 2 aromatic rings. The Hall–Kier alpha value is -0.800. The van der Waals surface area contributed by atoms with E-state index in [4.69, 9.17) is 34.8 Å². The predicted octanol–water partition coefficient (Wildman–Crippen LogP) is 4.12. The lowest BCUT2D eigenvalue weighted by molar-refractivity contribution is 0.220. The highest BCUT2D eigenvalue weighted by Gasteiger charge is 2.17. The van der Waals surface area contributed by atoms with Gasteiger partial charge in [-0.3, -0.25) is 0 Å². The van der Waals surface area contributed by atoms with Crippen LogP contribution < -0.4 is 0 Å². The van der Waals surface area contributed by atoms with E-state index in [1.165, 1.54) is 0 Å². The van der Waals surface area contributed by atoms with Gasteiger partial charge in [-0.1, -0.05) is 46.9 Å². The topological polar surface area (TPSA) is 33.1 Å². The number of rotatable bonds is 2. The van der Waals surface area contributed by atoms with Gasteiger partial charge in [0.25, 0.3) is 0 Å². The van der Waals surface area contributed by atoms with Crippen LogP contribution in [-0.4, -0.2) is 10.1 Å². The van der Waals surface area contributed by atoms with Gasteiger partial charge >= 0.3 is 0 Å². The van der Waals surface area contributed by atoms with Crippen molar-refractivity contribution in [3.63, 3.8) is 0 Å². The number of halogens is 3. The number of aliphatic hydroxyl groups excluding tert-OH is 1. The first kappa shape index (κ1) is 12.7. The molecule has 0 aliphatic heterocycles. The highest BCUT2D eigenvalue weighted by atomic mass is 35.5. The summed E-state index contributed by atoms with van der Waals surface area (Å²) in [6.07, 6.45) is 0.642. The Morgan fingerprint density at radius 1 is 1.06 bits per heavy atom. The summed E-state index contributed by atoms with van der Waals surface area (Å²) in [6.45, 7) is 0. The monoisotopic (exact) mass is 287 g/mol. The molecule has 1 aromatic carbocycles. The Morgan fingerprint density at radius 3 is 2.47 bits per heavy atom. The van der Waals surface area contributed by atoms with E-state index >= 15 is 0 Å². The Morgan fingerprint density at radius 2 is 1.82 bits per heavy atom. The minimum atomic E-state index is -0.916. The number of aliphatic hydroxyl groups is 1. The van der Waals surface area contributed by atoms with Crippen molar-refractivity contribution in [2.45, 2.75) is 6.10 Å². The second-order valence-electron chi connectivity index (χ2n) is 3.45. The molecule has 0 saturated heterocycles. The molecule has 0 bridgehead atoms. The number of aromatic nitrogens is 1. The Labute approximate surface area is 114 Å². The van der Waals surface area contributed by atoms with E-state index in [1.54, 1.807) is 36.5 Å². The van der Waals surface area contributed by atoms with E-state index < -0.39 is 6.10 Å². The minimum absolute atomic E-state index is 0.256. The van der Waals surface area contributed by atoms with Crippen molar-refractivity contribution >= 4 is 34.8 Å². The highest BCUT2D eigenvalue weighted by molar-refractivity contribution is 6.35. The largest absolute Gasteiger partial charge is 0.383 e. The summed E-state index contributed by atoms with van der Waals surface area (Å²) < 4.78 is 0. The van der Waals surface area contributed by atoms with Crippen molar-refractivity contribution in [1.82, 2.24) is 4.98 Å². The molecule has 0 saturated carbocycles. The van der Waals surface area contributed by atoms with Crippen molar-refractivity contribution in [3.05, 3.63) is 62.9 Å². The van der Waals surface area contributed by atoms with E-state index in [-0.39, 0.29) is 5.15 Å². The van der Waals surface area contributed by atoms with Crippen LogP contribution in [0.2, 0.25) is 15.2 Å². The number of benzene rings is 1. The van der Waals surface area contributed by atoms with E-state index in [9.17, 15) is 5.11 Å². The lowest BCUT2D eigenvalue weighted by Gasteiger charge is -2.14. The number of pyridine rings is 1. The SMILES string of the molecule is OC(c1ccc(Cl)cc1Cl)c1cccnc1Cl. The van der Waals surface area contributed by atoms with Crippen LogP contribution in [0.5, 0.6) is 0 Å². The molecule has 1 unspecified atom stereocenters. The predicted molar refractivity (Wildman–Crippen MR) is 69.8 cm³/mol. The van der Waals surface area contributed by atoms with E-state index in [0.717, 1.165) is 0 Å². The van der Waals surface area contributed by atoms with Crippen molar-refractivity contribution in [2.24, 2.45) is 0 Å². The van der Waals surface area contributed by atoms with Crippen LogP contribution in [0.3, 0.4) is 0 Å². The van der Waals surface area contributed by atoms with Crippen molar-refractivity contribution in [2.75, 3.05) is 0 Å². The average molecular weight is 289 g/mol. The molecular formula is C12H8Cl3NO. The summed E-state index contributed by atoms with van der Waals surface area (Å²) in [6, 6.07) is 8.31. The molecule has 0 fully saturated rings. The fourth-order valence-electron chi connectivity index (χ4n) is 1.49. The Balaban J connectivity index is 2.44. The molecule has 0 radical (unpaired) electrons. The molecule has 1 atom stereocenters. The standard InChI is InChI=1S/C12H8Cl3NO/c13-7-3-4-8(10(14)6-7)11(17)9-2-1-5-16-12(9)15/h1-6,11,17H. The normalized spacial score (nSPS) is 12.5. The van der Waals surface area contributed by atoms with Gasteiger partial charge in [-0.15, -0.1) is 0 Å². The molecule has 1 aromatic heterocycles. The maximum Gasteiger partial charge on any atom is 0.135 e. The fraction of sp³-hybridized carbons (Fsp3) is 0.0833. The van der Waals surface area contributed by atoms with Gasteiger partial charge in [-0.2, -0.15) is 0 Å². The summed E-state index contributed by atoms with van der Waals surface area (Å²) in [5.74, 6) is 0. The third kappa shape index (κ3) is 2.72. The van der Waals surface area contributed by atoms with Crippen LogP contribution in [-0.2, 0) is 0 Å². The molecule has 2 nitrogen and oxygen atoms in total. The molecule has 0 spiro atoms. The van der Waals surface area contributed by atoms with Gasteiger partial charge in [-0.05, 0) is 18.2 Å². The summed E-state index contributed by atoms with van der Waals surface area (Å²) in [5, 5.41) is 11.4. The number of hydrogen-bond donors (Lipinski definition) is 1. The number of hydrogen-bond acceptors (Lipinski definition) is 2. The molecular weight excluding hydrogens is 280 g/mol. The van der Waals surface area contributed by atoms with Crippen LogP contribution in [0.4, 0.5) is 0 Å². The first-order valence-electron chi connectivity index (χ1n) is 4.83. The van der Waals surface area contributed by atoms with Crippen molar-refractivity contribution < 1.29 is 5.11 Å². The van der Waals surface area contributed by atoms with Gasteiger partial charge in [0.15, 0.2) is 0 Å². The zero-order valence-corrected chi connectivity index (χ0v) is 10.8. The molecule has 1 N–H and O–H groups in total. The van der Waals surface area contributed by atoms with Crippen LogP contribution in [0.1, 0.15) is 17.2 Å². The first-order valence-corrected chi connectivity index (χ1v) is 5.96. The zero-order chi connectivity index (χ0) is 12.4. The Kier molecular flexibility index (Phi) is 3.89. The molecule has 88 valence electrons. The lowest BCUT2D eigenvalue weighted by Crippen LogP contribution is -2.02. The van der Waals surface area contributed by atoms with Crippen LogP contribution >= 0.6 is 34.8 Å². The first-order chi connectivity index (χ1) is 8.09. The summed E-state index contributed by atoms with van der Waals surface area (Å²) in [4.78, 5) is 3.91. The van der Waals surface area contributed by atoms with Gasteiger partial charge in [0.1, 0.15) is 11.3 Å². The molecule has 1 heterocycles. The molecule has 0 amide bonds. The minimum Gasteiger partial charge on any atom is -0.383 e. The smallest absolute Gasteiger partial charge is 0.135 e.